The maximum absolute atomic E-state index is 6.53. The highest BCUT2D eigenvalue weighted by atomic mass is 16.3. The first-order valence-corrected chi connectivity index (χ1v) is 18.9. The van der Waals surface area contributed by atoms with E-state index in [0.717, 1.165) is 38.8 Å². The molecule has 0 aliphatic heterocycles. The first-order valence-electron chi connectivity index (χ1n) is 18.9. The predicted octanol–water partition coefficient (Wildman–Crippen LogP) is 14.2. The van der Waals surface area contributed by atoms with Crippen LogP contribution in [-0.2, 0) is 0 Å². The number of nitrogens with zero attached hydrogens (tertiary/aromatic N) is 2. The van der Waals surface area contributed by atoms with Crippen LogP contribution in [0.4, 0.5) is 0 Å². The lowest BCUT2D eigenvalue weighted by atomic mass is 10.0. The molecule has 3 heteroatoms. The minimum absolute atomic E-state index is 0.891. The molecule has 0 atom stereocenters. The van der Waals surface area contributed by atoms with Crippen molar-refractivity contribution in [3.05, 3.63) is 182 Å². The number of furan rings is 1. The van der Waals surface area contributed by atoms with Gasteiger partial charge in [-0.3, -0.25) is 0 Å². The summed E-state index contributed by atoms with van der Waals surface area (Å²) in [5.41, 5.74) is 16.4. The second-order valence-electron chi connectivity index (χ2n) is 14.8. The van der Waals surface area contributed by atoms with E-state index < -0.39 is 0 Å². The monoisotopic (exact) mass is 698 g/mol. The Hall–Kier alpha value is -7.36. The summed E-state index contributed by atoms with van der Waals surface area (Å²) in [6.07, 6.45) is 0. The molecule has 0 saturated carbocycles. The van der Waals surface area contributed by atoms with Crippen molar-refractivity contribution >= 4 is 76.3 Å². The van der Waals surface area contributed by atoms with E-state index in [0.29, 0.717) is 0 Å². The fourth-order valence-electron chi connectivity index (χ4n) is 9.72. The molecule has 0 amide bonds. The Balaban J connectivity index is 1.19. The maximum Gasteiger partial charge on any atom is 0.137 e. The molecule has 55 heavy (non-hydrogen) atoms. The Morgan fingerprint density at radius 3 is 1.80 bits per heavy atom. The molecule has 9 aromatic carbocycles. The summed E-state index contributed by atoms with van der Waals surface area (Å²) in [5.74, 6) is 0. The number of rotatable bonds is 3. The summed E-state index contributed by atoms with van der Waals surface area (Å²) in [6, 6.07) is 66.5. The number of hydrogen-bond acceptors (Lipinski definition) is 1. The van der Waals surface area contributed by atoms with Crippen molar-refractivity contribution in [1.82, 2.24) is 9.13 Å². The molecule has 13 rings (SSSR count). The second-order valence-corrected chi connectivity index (χ2v) is 14.8. The molecule has 0 spiro atoms. The highest BCUT2D eigenvalue weighted by molar-refractivity contribution is 6.29. The van der Waals surface area contributed by atoms with Gasteiger partial charge in [0.2, 0.25) is 0 Å². The normalized spacial score (nSPS) is 12.4. The Kier molecular flexibility index (Phi) is 5.63. The zero-order valence-corrected chi connectivity index (χ0v) is 29.6. The number of para-hydroxylation sites is 2. The molecule has 3 aromatic heterocycles. The number of fused-ring (bicyclic) bond motifs is 14. The first-order chi connectivity index (χ1) is 27.3. The van der Waals surface area contributed by atoms with Gasteiger partial charge in [0.1, 0.15) is 11.2 Å². The first kappa shape index (κ1) is 29.1. The molecular formula is C52H30N2O. The zero-order valence-electron chi connectivity index (χ0n) is 29.6. The van der Waals surface area contributed by atoms with Gasteiger partial charge in [0.25, 0.3) is 0 Å². The van der Waals surface area contributed by atoms with E-state index in [2.05, 4.69) is 191 Å². The second kappa shape index (κ2) is 10.6. The molecule has 1 aliphatic carbocycles. The number of benzene rings is 9. The fraction of sp³-hybridized carbons (Fsp3) is 0. The van der Waals surface area contributed by atoms with Crippen LogP contribution in [0.25, 0.3) is 121 Å². The summed E-state index contributed by atoms with van der Waals surface area (Å²) in [6.45, 7) is 0. The van der Waals surface area contributed by atoms with Crippen LogP contribution in [0.15, 0.2) is 186 Å². The highest BCUT2D eigenvalue weighted by Crippen LogP contribution is 2.49. The highest BCUT2D eigenvalue weighted by Gasteiger charge is 2.26. The zero-order chi connectivity index (χ0) is 35.8. The van der Waals surface area contributed by atoms with Gasteiger partial charge in [-0.2, -0.15) is 0 Å². The SMILES string of the molecule is c1ccc(-c2ccc(-n3c4c(ccc5oc6ccccc6c54)c4ccc5c6ccccc6n(-c6ccc7c(c6)-c6cccc8cccc-7c68)c5c43)cc2)cc1. The number of hydrogen-bond donors (Lipinski definition) is 0. The van der Waals surface area contributed by atoms with Crippen LogP contribution >= 0.6 is 0 Å². The standard InChI is InChI=1S/C52H30N2O/c1-2-10-31(11-3-1)32-20-22-34(23-21-32)54-50-41(28-29-47-49(50)43-15-5-7-19-46(43)55-47)42-27-26-40-37-14-4-6-18-45(37)53(51(40)52(42)54)35-24-25-36-38-16-8-12-33-13-9-17-39(48(33)38)44(36)30-35/h1-30H. The van der Waals surface area contributed by atoms with Gasteiger partial charge < -0.3 is 13.6 Å². The van der Waals surface area contributed by atoms with Crippen molar-refractivity contribution in [3.8, 4) is 44.8 Å². The van der Waals surface area contributed by atoms with Gasteiger partial charge in [0, 0.05) is 38.3 Å². The van der Waals surface area contributed by atoms with Gasteiger partial charge in [-0.15, -0.1) is 0 Å². The van der Waals surface area contributed by atoms with Crippen molar-refractivity contribution in [2.75, 3.05) is 0 Å². The molecular weight excluding hydrogens is 669 g/mol. The smallest absolute Gasteiger partial charge is 0.137 e. The Morgan fingerprint density at radius 2 is 0.964 bits per heavy atom. The summed E-state index contributed by atoms with van der Waals surface area (Å²) in [7, 11) is 0. The summed E-state index contributed by atoms with van der Waals surface area (Å²) >= 11 is 0. The molecule has 0 radical (unpaired) electrons. The van der Waals surface area contributed by atoms with Gasteiger partial charge in [-0.1, -0.05) is 133 Å². The van der Waals surface area contributed by atoms with E-state index in [9.17, 15) is 0 Å². The molecule has 0 unspecified atom stereocenters. The minimum atomic E-state index is 0.891. The average molecular weight is 699 g/mol. The van der Waals surface area contributed by atoms with Crippen LogP contribution in [0.3, 0.4) is 0 Å². The van der Waals surface area contributed by atoms with Crippen LogP contribution in [0, 0.1) is 0 Å². The Bertz CT molecular complexity index is 3570. The molecule has 3 nitrogen and oxygen atoms in total. The van der Waals surface area contributed by atoms with Crippen LogP contribution < -0.4 is 0 Å². The van der Waals surface area contributed by atoms with Crippen molar-refractivity contribution in [2.24, 2.45) is 0 Å². The Labute approximate surface area is 315 Å². The topological polar surface area (TPSA) is 23.0 Å². The van der Waals surface area contributed by atoms with E-state index in [1.807, 2.05) is 0 Å². The van der Waals surface area contributed by atoms with Crippen LogP contribution in [0.2, 0.25) is 0 Å². The van der Waals surface area contributed by atoms with E-state index in [1.165, 1.54) is 82.2 Å². The molecule has 0 bridgehead atoms. The summed E-state index contributed by atoms with van der Waals surface area (Å²) in [4.78, 5) is 0. The van der Waals surface area contributed by atoms with Gasteiger partial charge in [0.05, 0.1) is 27.5 Å². The lowest BCUT2D eigenvalue weighted by Gasteiger charge is -2.14. The molecule has 12 aromatic rings. The van der Waals surface area contributed by atoms with Crippen molar-refractivity contribution in [3.63, 3.8) is 0 Å². The van der Waals surface area contributed by atoms with Gasteiger partial charge >= 0.3 is 0 Å². The molecule has 1 aliphatic rings. The lowest BCUT2D eigenvalue weighted by molar-refractivity contribution is 0.669. The van der Waals surface area contributed by atoms with Crippen LogP contribution in [0.1, 0.15) is 0 Å². The third-order valence-electron chi connectivity index (χ3n) is 12.0. The number of aromatic nitrogens is 2. The maximum atomic E-state index is 6.53. The van der Waals surface area contributed by atoms with Gasteiger partial charge in [0.15, 0.2) is 0 Å². The third-order valence-corrected chi connectivity index (χ3v) is 12.0. The third kappa shape index (κ3) is 3.84. The van der Waals surface area contributed by atoms with E-state index in [-0.39, 0.29) is 0 Å². The average Bonchev–Trinajstić information content (AvgIpc) is 3.98. The minimum Gasteiger partial charge on any atom is -0.456 e. The predicted molar refractivity (Wildman–Crippen MR) is 230 cm³/mol. The molecule has 254 valence electrons. The summed E-state index contributed by atoms with van der Waals surface area (Å²) < 4.78 is 11.5. The van der Waals surface area contributed by atoms with Gasteiger partial charge in [-0.25, -0.2) is 0 Å². The van der Waals surface area contributed by atoms with Crippen molar-refractivity contribution < 1.29 is 4.42 Å². The molecule has 0 saturated heterocycles. The lowest BCUT2D eigenvalue weighted by Crippen LogP contribution is -1.99. The molecule has 0 N–H and O–H groups in total. The van der Waals surface area contributed by atoms with Crippen molar-refractivity contribution in [2.45, 2.75) is 0 Å². The summed E-state index contributed by atoms with van der Waals surface area (Å²) in [5, 5.41) is 9.77. The molecule has 0 fully saturated rings. The van der Waals surface area contributed by atoms with Gasteiger partial charge in [-0.05, 0) is 92.7 Å². The molecule has 3 heterocycles. The van der Waals surface area contributed by atoms with E-state index in [1.54, 1.807) is 0 Å². The quantitative estimate of drug-likeness (QED) is 0.180. The fourth-order valence-corrected chi connectivity index (χ4v) is 9.72. The van der Waals surface area contributed by atoms with E-state index >= 15 is 0 Å². The van der Waals surface area contributed by atoms with Crippen LogP contribution in [0.5, 0.6) is 0 Å². The van der Waals surface area contributed by atoms with Crippen molar-refractivity contribution in [1.29, 1.82) is 0 Å². The largest absolute Gasteiger partial charge is 0.456 e. The Morgan fingerprint density at radius 1 is 0.327 bits per heavy atom. The van der Waals surface area contributed by atoms with E-state index in [4.69, 9.17) is 4.42 Å². The van der Waals surface area contributed by atoms with Crippen LogP contribution in [-0.4, -0.2) is 9.13 Å².